The van der Waals surface area contributed by atoms with Crippen molar-refractivity contribution in [1.82, 2.24) is 20.2 Å². The summed E-state index contributed by atoms with van der Waals surface area (Å²) in [4.78, 5) is 7.63. The normalized spacial score (nSPS) is 10.3. The zero-order chi connectivity index (χ0) is 8.55. The van der Waals surface area contributed by atoms with E-state index in [1.807, 2.05) is 0 Å². The molecule has 0 spiro atoms. The Balaban J connectivity index is 2.89. The summed E-state index contributed by atoms with van der Waals surface area (Å²) in [6, 6.07) is 1.69. The molecule has 6 nitrogen and oxygen atoms in total. The molecule has 6 heteroatoms. The van der Waals surface area contributed by atoms with Crippen LogP contribution in [0.15, 0.2) is 12.3 Å². The predicted octanol–water partition coefficient (Wildman–Crippen LogP) is -0.416. The van der Waals surface area contributed by atoms with E-state index in [4.69, 9.17) is 11.5 Å². The van der Waals surface area contributed by atoms with Gasteiger partial charge in [-0.25, -0.2) is 0 Å². The molecule has 0 saturated carbocycles. The van der Waals surface area contributed by atoms with Crippen molar-refractivity contribution in [1.29, 1.82) is 0 Å². The standard InChI is InChI=1S/C6H6N6/c7-4-3-1-2-9-12-5(3)11-6(8)10-4/h1-2H,(H4,7,8,10,11,12). The molecule has 12 heavy (non-hydrogen) atoms. The van der Waals surface area contributed by atoms with Crippen molar-refractivity contribution in [3.63, 3.8) is 0 Å². The van der Waals surface area contributed by atoms with Crippen LogP contribution in [-0.2, 0) is 0 Å². The zero-order valence-electron chi connectivity index (χ0n) is 6.10. The monoisotopic (exact) mass is 162 g/mol. The van der Waals surface area contributed by atoms with E-state index < -0.39 is 0 Å². The number of nitrogen functional groups attached to an aromatic ring is 2. The Bertz CT molecular complexity index is 425. The van der Waals surface area contributed by atoms with Crippen LogP contribution in [0, 0.1) is 0 Å². The maximum atomic E-state index is 5.56. The molecule has 0 radical (unpaired) electrons. The lowest BCUT2D eigenvalue weighted by molar-refractivity contribution is 1.04. The van der Waals surface area contributed by atoms with E-state index >= 15 is 0 Å². The molecule has 0 saturated heterocycles. The lowest BCUT2D eigenvalue weighted by Gasteiger charge is -1.98. The van der Waals surface area contributed by atoms with E-state index in [2.05, 4.69) is 20.2 Å². The van der Waals surface area contributed by atoms with Crippen molar-refractivity contribution in [2.24, 2.45) is 0 Å². The highest BCUT2D eigenvalue weighted by Crippen LogP contribution is 2.14. The van der Waals surface area contributed by atoms with Crippen LogP contribution < -0.4 is 11.5 Å². The molecule has 0 unspecified atom stereocenters. The van der Waals surface area contributed by atoms with E-state index in [1.165, 1.54) is 6.20 Å². The lowest BCUT2D eigenvalue weighted by Crippen LogP contribution is -2.01. The highest BCUT2D eigenvalue weighted by Gasteiger charge is 2.02. The molecule has 0 aliphatic rings. The number of fused-ring (bicyclic) bond motifs is 1. The number of hydrogen-bond acceptors (Lipinski definition) is 6. The smallest absolute Gasteiger partial charge is 0.224 e. The van der Waals surface area contributed by atoms with E-state index in [-0.39, 0.29) is 5.95 Å². The van der Waals surface area contributed by atoms with Crippen LogP contribution in [0.25, 0.3) is 11.0 Å². The predicted molar refractivity (Wildman–Crippen MR) is 44.0 cm³/mol. The van der Waals surface area contributed by atoms with Gasteiger partial charge in [0.1, 0.15) is 5.82 Å². The summed E-state index contributed by atoms with van der Waals surface area (Å²) in [6.45, 7) is 0. The van der Waals surface area contributed by atoms with Crippen LogP contribution >= 0.6 is 0 Å². The van der Waals surface area contributed by atoms with Gasteiger partial charge in [-0.1, -0.05) is 0 Å². The van der Waals surface area contributed by atoms with Crippen molar-refractivity contribution in [3.05, 3.63) is 12.3 Å². The highest BCUT2D eigenvalue weighted by atomic mass is 15.2. The van der Waals surface area contributed by atoms with Gasteiger partial charge in [-0.3, -0.25) is 0 Å². The molecule has 0 bridgehead atoms. The van der Waals surface area contributed by atoms with E-state index in [9.17, 15) is 0 Å². The average Bonchev–Trinajstić information content (AvgIpc) is 2.04. The van der Waals surface area contributed by atoms with E-state index in [0.717, 1.165) is 0 Å². The second-order valence-electron chi connectivity index (χ2n) is 2.24. The van der Waals surface area contributed by atoms with Crippen molar-refractivity contribution < 1.29 is 0 Å². The SMILES string of the molecule is Nc1nc(N)c2ccnnc2n1. The molecule has 0 fully saturated rings. The van der Waals surface area contributed by atoms with Crippen molar-refractivity contribution in [2.45, 2.75) is 0 Å². The third-order valence-corrected chi connectivity index (χ3v) is 1.43. The Morgan fingerprint density at radius 1 is 1.17 bits per heavy atom. The van der Waals surface area contributed by atoms with Gasteiger partial charge in [0.05, 0.1) is 11.6 Å². The Hall–Kier alpha value is -1.98. The molecule has 2 heterocycles. The second kappa shape index (κ2) is 2.26. The molecular weight excluding hydrogens is 156 g/mol. The molecule has 0 amide bonds. The van der Waals surface area contributed by atoms with Crippen LogP contribution in [0.5, 0.6) is 0 Å². The van der Waals surface area contributed by atoms with Gasteiger partial charge in [-0.05, 0) is 6.07 Å². The summed E-state index contributed by atoms with van der Waals surface area (Å²) in [6.07, 6.45) is 1.53. The third-order valence-electron chi connectivity index (χ3n) is 1.43. The fourth-order valence-corrected chi connectivity index (χ4v) is 0.924. The van der Waals surface area contributed by atoms with Crippen molar-refractivity contribution in [2.75, 3.05) is 11.5 Å². The molecule has 2 rings (SSSR count). The number of hydrogen-bond donors (Lipinski definition) is 2. The molecule has 0 atom stereocenters. The zero-order valence-corrected chi connectivity index (χ0v) is 6.10. The average molecular weight is 162 g/mol. The minimum Gasteiger partial charge on any atom is -0.383 e. The van der Waals surface area contributed by atoms with Gasteiger partial charge in [0.15, 0.2) is 5.65 Å². The molecule has 2 aromatic heterocycles. The molecular formula is C6H6N6. The largest absolute Gasteiger partial charge is 0.383 e. The van der Waals surface area contributed by atoms with E-state index in [1.54, 1.807) is 6.07 Å². The second-order valence-corrected chi connectivity index (χ2v) is 2.24. The first-order valence-electron chi connectivity index (χ1n) is 3.28. The summed E-state index contributed by atoms with van der Waals surface area (Å²) in [5, 5.41) is 8.05. The molecule has 60 valence electrons. The number of anilines is 2. The van der Waals surface area contributed by atoms with Crippen LogP contribution in [0.4, 0.5) is 11.8 Å². The fourth-order valence-electron chi connectivity index (χ4n) is 0.924. The highest BCUT2D eigenvalue weighted by molar-refractivity contribution is 5.85. The van der Waals surface area contributed by atoms with Crippen LogP contribution in [-0.4, -0.2) is 20.2 Å². The van der Waals surface area contributed by atoms with Gasteiger partial charge >= 0.3 is 0 Å². The van der Waals surface area contributed by atoms with Gasteiger partial charge in [0, 0.05) is 0 Å². The first kappa shape index (κ1) is 6.71. The summed E-state index contributed by atoms with van der Waals surface area (Å²) in [5.41, 5.74) is 11.3. The fraction of sp³-hybridized carbons (Fsp3) is 0. The lowest BCUT2D eigenvalue weighted by atomic mass is 10.3. The Morgan fingerprint density at radius 3 is 2.83 bits per heavy atom. The van der Waals surface area contributed by atoms with Gasteiger partial charge in [0.25, 0.3) is 0 Å². The first-order chi connectivity index (χ1) is 5.77. The topological polar surface area (TPSA) is 104 Å². The molecule has 2 aromatic rings. The molecule has 0 aliphatic heterocycles. The number of rotatable bonds is 0. The van der Waals surface area contributed by atoms with Crippen molar-refractivity contribution >= 4 is 22.8 Å². The van der Waals surface area contributed by atoms with Gasteiger partial charge in [-0.2, -0.15) is 15.1 Å². The maximum Gasteiger partial charge on any atom is 0.224 e. The van der Waals surface area contributed by atoms with Crippen molar-refractivity contribution in [3.8, 4) is 0 Å². The summed E-state index contributed by atoms with van der Waals surface area (Å²) in [7, 11) is 0. The number of aromatic nitrogens is 4. The summed E-state index contributed by atoms with van der Waals surface area (Å²) in [5.74, 6) is 0.438. The molecule has 4 N–H and O–H groups in total. The Kier molecular flexibility index (Phi) is 1.26. The quantitative estimate of drug-likeness (QED) is 0.545. The first-order valence-corrected chi connectivity index (χ1v) is 3.28. The third kappa shape index (κ3) is 0.895. The van der Waals surface area contributed by atoms with Crippen LogP contribution in [0.3, 0.4) is 0 Å². The Morgan fingerprint density at radius 2 is 2.00 bits per heavy atom. The number of nitrogens with two attached hydrogens (primary N) is 2. The minimum absolute atomic E-state index is 0.112. The van der Waals surface area contributed by atoms with Gasteiger partial charge in [-0.15, -0.1) is 5.10 Å². The maximum absolute atomic E-state index is 5.56. The van der Waals surface area contributed by atoms with Gasteiger partial charge < -0.3 is 11.5 Å². The molecule has 0 aliphatic carbocycles. The van der Waals surface area contributed by atoms with E-state index in [0.29, 0.717) is 16.9 Å². The number of nitrogens with zero attached hydrogens (tertiary/aromatic N) is 4. The Labute approximate surface area is 67.6 Å². The summed E-state index contributed by atoms with van der Waals surface area (Å²) < 4.78 is 0. The van der Waals surface area contributed by atoms with Crippen LogP contribution in [0.1, 0.15) is 0 Å². The molecule has 0 aromatic carbocycles. The minimum atomic E-state index is 0.112. The summed E-state index contributed by atoms with van der Waals surface area (Å²) >= 11 is 0. The van der Waals surface area contributed by atoms with Gasteiger partial charge in [0.2, 0.25) is 5.95 Å². The van der Waals surface area contributed by atoms with Crippen LogP contribution in [0.2, 0.25) is 0 Å².